The molecule has 2 aromatic carbocycles. The minimum Gasteiger partial charge on any atom is -0.482 e. The highest BCUT2D eigenvalue weighted by atomic mass is 35.5. The molecule has 28 heavy (non-hydrogen) atoms. The fourth-order valence-corrected chi connectivity index (χ4v) is 5.15. The first-order valence-corrected chi connectivity index (χ1v) is 11.7. The first-order chi connectivity index (χ1) is 13.2. The van der Waals surface area contributed by atoms with Gasteiger partial charge in [-0.25, -0.2) is 8.42 Å². The maximum Gasteiger partial charge on any atom is 0.175 e. The Kier molecular flexibility index (Phi) is 5.35. The number of hydrogen-bond acceptors (Lipinski definition) is 5. The second-order valence-electron chi connectivity index (χ2n) is 7.45. The monoisotopic (exact) mass is 441 g/mol. The Labute approximate surface area is 174 Å². The van der Waals surface area contributed by atoms with Gasteiger partial charge in [0.05, 0.1) is 22.1 Å². The van der Waals surface area contributed by atoms with Crippen molar-refractivity contribution in [3.8, 4) is 5.75 Å². The molecule has 1 aliphatic heterocycles. The number of likely N-dealkylation sites (tertiary alicyclic amines) is 1. The highest BCUT2D eigenvalue weighted by Crippen LogP contribution is 2.42. The molecule has 0 spiro atoms. The quantitative estimate of drug-likeness (QED) is 0.785. The molecule has 0 radical (unpaired) electrons. The summed E-state index contributed by atoms with van der Waals surface area (Å²) in [7, 11) is -3.35. The molecule has 0 bridgehead atoms. The van der Waals surface area contributed by atoms with E-state index in [1.54, 1.807) is 6.07 Å². The van der Waals surface area contributed by atoms with Gasteiger partial charge in [-0.05, 0) is 54.3 Å². The van der Waals surface area contributed by atoms with Crippen molar-refractivity contribution in [2.45, 2.75) is 36.0 Å². The number of nitrogens with zero attached hydrogens (tertiary/aromatic N) is 1. The van der Waals surface area contributed by atoms with Gasteiger partial charge < -0.3 is 9.84 Å². The average molecular weight is 442 g/mol. The van der Waals surface area contributed by atoms with E-state index in [1.807, 2.05) is 18.2 Å². The van der Waals surface area contributed by atoms with Crippen LogP contribution in [0.2, 0.25) is 10.0 Å². The lowest BCUT2D eigenvalue weighted by Crippen LogP contribution is -2.39. The first-order valence-electron chi connectivity index (χ1n) is 9.09. The molecule has 2 aromatic rings. The summed E-state index contributed by atoms with van der Waals surface area (Å²) in [6.07, 6.45) is 2.04. The topological polar surface area (TPSA) is 66.8 Å². The summed E-state index contributed by atoms with van der Waals surface area (Å²) in [5.74, 6) is 0.427. The predicted molar refractivity (Wildman–Crippen MR) is 109 cm³/mol. The molecule has 1 N–H and O–H groups in total. The van der Waals surface area contributed by atoms with Gasteiger partial charge in [-0.1, -0.05) is 29.3 Å². The van der Waals surface area contributed by atoms with Crippen LogP contribution in [-0.4, -0.2) is 49.9 Å². The number of benzene rings is 2. The third-order valence-electron chi connectivity index (χ3n) is 5.44. The van der Waals surface area contributed by atoms with Crippen LogP contribution in [0.5, 0.6) is 5.75 Å². The SMILES string of the molecule is CS(=O)(=O)c1ccc(O[C@H]2c3cc(Cl)ccc3C[C@@H]2N2CC[C@@H](O)C2)c(Cl)c1. The molecule has 0 aromatic heterocycles. The lowest BCUT2D eigenvalue weighted by molar-refractivity contribution is 0.0819. The zero-order chi connectivity index (χ0) is 20.1. The number of aliphatic hydroxyl groups excluding tert-OH is 1. The van der Waals surface area contributed by atoms with Gasteiger partial charge in [-0.15, -0.1) is 0 Å². The van der Waals surface area contributed by atoms with Gasteiger partial charge in [-0.2, -0.15) is 0 Å². The minimum absolute atomic E-state index is 0.0521. The molecule has 2 aliphatic rings. The van der Waals surface area contributed by atoms with E-state index in [-0.39, 0.29) is 28.2 Å². The van der Waals surface area contributed by atoms with Gasteiger partial charge in [0, 0.05) is 24.4 Å². The Morgan fingerprint density at radius 1 is 1.18 bits per heavy atom. The molecular weight excluding hydrogens is 421 g/mol. The van der Waals surface area contributed by atoms with Gasteiger partial charge >= 0.3 is 0 Å². The van der Waals surface area contributed by atoms with Gasteiger partial charge in [0.15, 0.2) is 9.84 Å². The number of aliphatic hydroxyl groups is 1. The normalized spacial score (nSPS) is 25.1. The molecule has 0 unspecified atom stereocenters. The molecule has 8 heteroatoms. The number of sulfone groups is 1. The zero-order valence-electron chi connectivity index (χ0n) is 15.3. The lowest BCUT2D eigenvalue weighted by Gasteiger charge is -2.30. The number of fused-ring (bicyclic) bond motifs is 1. The van der Waals surface area contributed by atoms with Gasteiger partial charge in [0.25, 0.3) is 0 Å². The van der Waals surface area contributed by atoms with Crippen LogP contribution in [0.4, 0.5) is 0 Å². The molecule has 4 rings (SSSR count). The third-order valence-corrected chi connectivity index (χ3v) is 7.08. The molecule has 3 atom stereocenters. The van der Waals surface area contributed by atoms with Crippen molar-refractivity contribution in [2.24, 2.45) is 0 Å². The van der Waals surface area contributed by atoms with Crippen LogP contribution in [-0.2, 0) is 16.3 Å². The molecule has 1 heterocycles. The van der Waals surface area contributed by atoms with Crippen LogP contribution < -0.4 is 4.74 Å². The Morgan fingerprint density at radius 3 is 2.61 bits per heavy atom. The van der Waals surface area contributed by atoms with Crippen molar-refractivity contribution in [1.29, 1.82) is 0 Å². The minimum atomic E-state index is -3.35. The lowest BCUT2D eigenvalue weighted by atomic mass is 10.1. The number of rotatable bonds is 4. The molecule has 1 aliphatic carbocycles. The van der Waals surface area contributed by atoms with Crippen LogP contribution in [0.1, 0.15) is 23.7 Å². The molecule has 5 nitrogen and oxygen atoms in total. The maximum atomic E-state index is 11.8. The standard InChI is InChI=1S/C20H21Cl2NO4S/c1-28(25,26)15-4-5-19(17(22)10-15)27-20-16-9-13(21)3-2-12(16)8-18(20)23-7-6-14(24)11-23/h2-5,9-10,14,18,20,24H,6-8,11H2,1H3/t14-,18+,20+/m1/s1. The summed E-state index contributed by atoms with van der Waals surface area (Å²) in [5.41, 5.74) is 2.16. The Hall–Kier alpha value is -1.31. The van der Waals surface area contributed by atoms with Crippen LogP contribution in [0.3, 0.4) is 0 Å². The molecule has 1 fully saturated rings. The largest absolute Gasteiger partial charge is 0.482 e. The van der Waals surface area contributed by atoms with E-state index in [2.05, 4.69) is 4.90 Å². The second kappa shape index (κ2) is 7.50. The van der Waals surface area contributed by atoms with Crippen LogP contribution in [0, 0.1) is 0 Å². The van der Waals surface area contributed by atoms with Crippen molar-refractivity contribution < 1.29 is 18.3 Å². The molecule has 1 saturated heterocycles. The Balaban J connectivity index is 1.68. The van der Waals surface area contributed by atoms with Crippen LogP contribution in [0.25, 0.3) is 0 Å². The van der Waals surface area contributed by atoms with E-state index in [4.69, 9.17) is 27.9 Å². The van der Waals surface area contributed by atoms with E-state index in [9.17, 15) is 13.5 Å². The summed E-state index contributed by atoms with van der Waals surface area (Å²) < 4.78 is 29.8. The number of halogens is 2. The first kappa shape index (κ1) is 20.0. The van der Waals surface area contributed by atoms with Crippen molar-refractivity contribution in [3.05, 3.63) is 57.6 Å². The van der Waals surface area contributed by atoms with Gasteiger partial charge in [-0.3, -0.25) is 4.90 Å². The number of hydrogen-bond donors (Lipinski definition) is 1. The third kappa shape index (κ3) is 3.89. The molecular formula is C20H21Cl2NO4S. The zero-order valence-corrected chi connectivity index (χ0v) is 17.6. The van der Waals surface area contributed by atoms with Crippen LogP contribution >= 0.6 is 23.2 Å². The molecule has 150 valence electrons. The van der Waals surface area contributed by atoms with Crippen molar-refractivity contribution in [1.82, 2.24) is 4.90 Å². The van der Waals surface area contributed by atoms with E-state index >= 15 is 0 Å². The molecule has 0 saturated carbocycles. The Bertz CT molecular complexity index is 1010. The van der Waals surface area contributed by atoms with E-state index < -0.39 is 9.84 Å². The average Bonchev–Trinajstić information content (AvgIpc) is 3.19. The maximum absolute atomic E-state index is 11.8. The van der Waals surface area contributed by atoms with E-state index in [0.717, 1.165) is 36.8 Å². The fourth-order valence-electron chi connectivity index (χ4n) is 4.03. The summed E-state index contributed by atoms with van der Waals surface area (Å²) in [5, 5.41) is 10.8. The van der Waals surface area contributed by atoms with Gasteiger partial charge in [0.1, 0.15) is 11.9 Å². The van der Waals surface area contributed by atoms with E-state index in [0.29, 0.717) is 17.3 Å². The predicted octanol–water partition coefficient (Wildman–Crippen LogP) is 3.51. The van der Waals surface area contributed by atoms with Crippen LogP contribution in [0.15, 0.2) is 41.3 Å². The fraction of sp³-hybridized carbons (Fsp3) is 0.400. The van der Waals surface area contributed by atoms with E-state index in [1.165, 1.54) is 12.1 Å². The summed E-state index contributed by atoms with van der Waals surface area (Å²) in [6, 6.07) is 10.3. The summed E-state index contributed by atoms with van der Waals surface area (Å²) in [6.45, 7) is 1.40. The van der Waals surface area contributed by atoms with Crippen molar-refractivity contribution in [3.63, 3.8) is 0 Å². The van der Waals surface area contributed by atoms with Gasteiger partial charge in [0.2, 0.25) is 0 Å². The highest BCUT2D eigenvalue weighted by molar-refractivity contribution is 7.90. The summed E-state index contributed by atoms with van der Waals surface area (Å²) in [4.78, 5) is 2.39. The molecule has 0 amide bonds. The number of ether oxygens (including phenoxy) is 1. The van der Waals surface area contributed by atoms with Crippen molar-refractivity contribution >= 4 is 33.0 Å². The van der Waals surface area contributed by atoms with Crippen molar-refractivity contribution in [2.75, 3.05) is 19.3 Å². The smallest absolute Gasteiger partial charge is 0.175 e. The highest BCUT2D eigenvalue weighted by Gasteiger charge is 2.40. The summed E-state index contributed by atoms with van der Waals surface area (Å²) >= 11 is 12.6. The Morgan fingerprint density at radius 2 is 1.96 bits per heavy atom. The second-order valence-corrected chi connectivity index (χ2v) is 10.3. The number of β-amino-alcohol motifs (C(OH)–C–C–N with tert-alkyl or cyclic N) is 1.